The Bertz CT molecular complexity index is 468. The normalized spacial score (nSPS) is 22.8. The van der Waals surface area contributed by atoms with Crippen LogP contribution < -0.4 is 10.1 Å². The second kappa shape index (κ2) is 4.71. The highest BCUT2D eigenvalue weighted by atomic mass is 19.4. The van der Waals surface area contributed by atoms with Gasteiger partial charge in [0.1, 0.15) is 12.4 Å². The molecule has 1 N–H and O–H groups in total. The monoisotopic (exact) mass is 271 g/mol. The molecule has 1 heterocycles. The van der Waals surface area contributed by atoms with Crippen molar-refractivity contribution < 1.29 is 17.9 Å². The van der Waals surface area contributed by atoms with Crippen molar-refractivity contribution in [3.8, 4) is 5.75 Å². The lowest BCUT2D eigenvalue weighted by atomic mass is 9.85. The first-order valence-corrected chi connectivity index (χ1v) is 6.61. The molecule has 2 aliphatic rings. The summed E-state index contributed by atoms with van der Waals surface area (Å²) in [7, 11) is 0. The van der Waals surface area contributed by atoms with Crippen LogP contribution in [0.25, 0.3) is 0 Å². The van der Waals surface area contributed by atoms with Gasteiger partial charge in [-0.3, -0.25) is 0 Å². The van der Waals surface area contributed by atoms with E-state index in [4.69, 9.17) is 4.74 Å². The molecule has 1 aliphatic carbocycles. The Hall–Kier alpha value is -1.23. The van der Waals surface area contributed by atoms with Crippen molar-refractivity contribution in [3.05, 3.63) is 29.3 Å². The fourth-order valence-corrected chi connectivity index (χ4v) is 2.56. The molecule has 0 aromatic heterocycles. The standard InChI is InChI=1S/C14H16F3NO/c15-14(16,17)10-4-5-11-12(8-19-13(11)6-10)18-7-9-2-1-3-9/h4-6,9,12,18H,1-3,7-8H2. The maximum absolute atomic E-state index is 12.6. The highest BCUT2D eigenvalue weighted by Crippen LogP contribution is 2.38. The summed E-state index contributed by atoms with van der Waals surface area (Å²) in [6, 6.07) is 3.79. The molecule has 0 bridgehead atoms. The van der Waals surface area contributed by atoms with E-state index in [0.717, 1.165) is 30.2 Å². The topological polar surface area (TPSA) is 21.3 Å². The third-order valence-corrected chi connectivity index (χ3v) is 4.00. The number of fused-ring (bicyclic) bond motifs is 1. The first-order valence-electron chi connectivity index (χ1n) is 6.61. The second-order valence-corrected chi connectivity index (χ2v) is 5.32. The molecule has 1 fully saturated rings. The molecule has 0 saturated heterocycles. The minimum Gasteiger partial charge on any atom is -0.491 e. The largest absolute Gasteiger partial charge is 0.491 e. The van der Waals surface area contributed by atoms with Gasteiger partial charge < -0.3 is 10.1 Å². The molecule has 0 spiro atoms. The van der Waals surface area contributed by atoms with E-state index in [9.17, 15) is 13.2 Å². The minimum absolute atomic E-state index is 0.0258. The van der Waals surface area contributed by atoms with Gasteiger partial charge in [0, 0.05) is 5.56 Å². The zero-order chi connectivity index (χ0) is 13.5. The summed E-state index contributed by atoms with van der Waals surface area (Å²) < 4.78 is 43.1. The number of hydrogen-bond donors (Lipinski definition) is 1. The molecule has 1 unspecified atom stereocenters. The van der Waals surface area contributed by atoms with E-state index in [0.29, 0.717) is 12.4 Å². The van der Waals surface area contributed by atoms with Crippen molar-refractivity contribution in [2.45, 2.75) is 31.5 Å². The lowest BCUT2D eigenvalue weighted by Gasteiger charge is -2.27. The van der Waals surface area contributed by atoms with Crippen LogP contribution >= 0.6 is 0 Å². The summed E-state index contributed by atoms with van der Waals surface area (Å²) >= 11 is 0. The molecule has 1 aromatic rings. The molecule has 0 radical (unpaired) electrons. The molecule has 3 rings (SSSR count). The van der Waals surface area contributed by atoms with Gasteiger partial charge in [-0.05, 0) is 37.4 Å². The van der Waals surface area contributed by atoms with Gasteiger partial charge in [-0.1, -0.05) is 12.5 Å². The lowest BCUT2D eigenvalue weighted by Crippen LogP contribution is -2.31. The van der Waals surface area contributed by atoms with Crippen LogP contribution in [0.15, 0.2) is 18.2 Å². The van der Waals surface area contributed by atoms with E-state index in [1.807, 2.05) is 0 Å². The molecule has 104 valence electrons. The van der Waals surface area contributed by atoms with Crippen LogP contribution in [-0.4, -0.2) is 13.2 Å². The fourth-order valence-electron chi connectivity index (χ4n) is 2.56. The van der Waals surface area contributed by atoms with Gasteiger partial charge in [0.25, 0.3) is 0 Å². The van der Waals surface area contributed by atoms with Gasteiger partial charge in [0.15, 0.2) is 0 Å². The predicted octanol–water partition coefficient (Wildman–Crippen LogP) is 3.53. The third kappa shape index (κ3) is 2.56. The van der Waals surface area contributed by atoms with Crippen molar-refractivity contribution in [1.29, 1.82) is 0 Å². The third-order valence-electron chi connectivity index (χ3n) is 4.00. The van der Waals surface area contributed by atoms with E-state index in [1.54, 1.807) is 0 Å². The van der Waals surface area contributed by atoms with E-state index in [1.165, 1.54) is 25.3 Å². The minimum atomic E-state index is -4.31. The first kappa shape index (κ1) is 12.8. The zero-order valence-corrected chi connectivity index (χ0v) is 10.5. The Morgan fingerprint density at radius 1 is 1.26 bits per heavy atom. The van der Waals surface area contributed by atoms with E-state index >= 15 is 0 Å². The van der Waals surface area contributed by atoms with Crippen LogP contribution in [0.2, 0.25) is 0 Å². The highest BCUT2D eigenvalue weighted by Gasteiger charge is 2.33. The lowest BCUT2D eigenvalue weighted by molar-refractivity contribution is -0.137. The number of nitrogens with one attached hydrogen (secondary N) is 1. The molecule has 1 aromatic carbocycles. The van der Waals surface area contributed by atoms with Crippen LogP contribution in [0.5, 0.6) is 5.75 Å². The Kier molecular flexibility index (Phi) is 3.17. The smallest absolute Gasteiger partial charge is 0.416 e. The molecule has 0 amide bonds. The number of rotatable bonds is 3. The van der Waals surface area contributed by atoms with Crippen molar-refractivity contribution in [1.82, 2.24) is 5.32 Å². The van der Waals surface area contributed by atoms with Gasteiger partial charge in [-0.25, -0.2) is 0 Å². The summed E-state index contributed by atoms with van der Waals surface area (Å²) in [6.07, 6.45) is -0.518. The van der Waals surface area contributed by atoms with Crippen molar-refractivity contribution in [3.63, 3.8) is 0 Å². The molecule has 5 heteroatoms. The van der Waals surface area contributed by atoms with Crippen LogP contribution in [-0.2, 0) is 6.18 Å². The summed E-state index contributed by atoms with van der Waals surface area (Å²) in [5.41, 5.74) is 0.193. The average molecular weight is 271 g/mol. The van der Waals surface area contributed by atoms with E-state index in [-0.39, 0.29) is 6.04 Å². The molecule has 2 nitrogen and oxygen atoms in total. The molecule has 1 atom stereocenters. The summed E-state index contributed by atoms with van der Waals surface area (Å²) in [5.74, 6) is 1.08. The summed E-state index contributed by atoms with van der Waals surface area (Å²) in [5, 5.41) is 3.39. The van der Waals surface area contributed by atoms with Gasteiger partial charge in [-0.15, -0.1) is 0 Å². The maximum atomic E-state index is 12.6. The predicted molar refractivity (Wildman–Crippen MR) is 65.0 cm³/mol. The number of hydrogen-bond acceptors (Lipinski definition) is 2. The fraction of sp³-hybridized carbons (Fsp3) is 0.571. The Balaban J connectivity index is 1.70. The average Bonchev–Trinajstić information content (AvgIpc) is 2.68. The Morgan fingerprint density at radius 2 is 2.05 bits per heavy atom. The van der Waals surface area contributed by atoms with Crippen molar-refractivity contribution in [2.75, 3.05) is 13.2 Å². The number of ether oxygens (including phenoxy) is 1. The van der Waals surface area contributed by atoms with Crippen LogP contribution in [0.1, 0.15) is 36.4 Å². The maximum Gasteiger partial charge on any atom is 0.416 e. The highest BCUT2D eigenvalue weighted by molar-refractivity contribution is 5.43. The number of halogens is 3. The van der Waals surface area contributed by atoms with Gasteiger partial charge in [0.2, 0.25) is 0 Å². The van der Waals surface area contributed by atoms with Crippen LogP contribution in [0.3, 0.4) is 0 Å². The molecule has 1 saturated carbocycles. The van der Waals surface area contributed by atoms with Crippen LogP contribution in [0, 0.1) is 5.92 Å². The zero-order valence-electron chi connectivity index (χ0n) is 10.5. The summed E-state index contributed by atoms with van der Waals surface area (Å²) in [4.78, 5) is 0. The second-order valence-electron chi connectivity index (χ2n) is 5.32. The van der Waals surface area contributed by atoms with E-state index < -0.39 is 11.7 Å². The van der Waals surface area contributed by atoms with Gasteiger partial charge in [0.05, 0.1) is 11.6 Å². The molecule has 1 aliphatic heterocycles. The molecular formula is C14H16F3NO. The summed E-state index contributed by atoms with van der Waals surface area (Å²) in [6.45, 7) is 1.35. The van der Waals surface area contributed by atoms with Crippen molar-refractivity contribution in [2.24, 2.45) is 5.92 Å². The first-order chi connectivity index (χ1) is 9.04. The van der Waals surface area contributed by atoms with Gasteiger partial charge >= 0.3 is 6.18 Å². The van der Waals surface area contributed by atoms with Crippen molar-refractivity contribution >= 4 is 0 Å². The number of alkyl halides is 3. The van der Waals surface area contributed by atoms with E-state index in [2.05, 4.69) is 5.32 Å². The SMILES string of the molecule is FC(F)(F)c1ccc2c(c1)OCC2NCC1CCC1. The van der Waals surface area contributed by atoms with Crippen LogP contribution in [0.4, 0.5) is 13.2 Å². The molecular weight excluding hydrogens is 255 g/mol. The molecule has 19 heavy (non-hydrogen) atoms. The Labute approximate surface area is 109 Å². The van der Waals surface area contributed by atoms with Gasteiger partial charge in [-0.2, -0.15) is 13.2 Å². The number of benzene rings is 1. The Morgan fingerprint density at radius 3 is 2.68 bits per heavy atom. The quantitative estimate of drug-likeness (QED) is 0.908.